The Morgan fingerprint density at radius 2 is 1.90 bits per heavy atom. The van der Waals surface area contributed by atoms with E-state index in [2.05, 4.69) is 19.2 Å². The van der Waals surface area contributed by atoms with Crippen LogP contribution in [0, 0.1) is 17.7 Å². The van der Waals surface area contributed by atoms with Gasteiger partial charge in [-0.2, -0.15) is 0 Å². The van der Waals surface area contributed by atoms with Crippen LogP contribution in [0.4, 0.5) is 4.39 Å². The fraction of sp³-hybridized carbons (Fsp3) is 0.667. The van der Waals surface area contributed by atoms with E-state index in [0.717, 1.165) is 18.7 Å². The summed E-state index contributed by atoms with van der Waals surface area (Å²) in [5.41, 5.74) is 0.724. The van der Waals surface area contributed by atoms with Gasteiger partial charge in [-0.3, -0.25) is 0 Å². The van der Waals surface area contributed by atoms with E-state index in [-0.39, 0.29) is 11.7 Å². The van der Waals surface area contributed by atoms with Crippen LogP contribution in [0.5, 0.6) is 0 Å². The third-order valence-corrected chi connectivity index (χ3v) is 4.84. The predicted molar refractivity (Wildman–Crippen MR) is 88.4 cm³/mol. The number of hydrogen-bond donors (Lipinski definition) is 1. The number of rotatable bonds is 6. The normalized spacial score (nSPS) is 18.1. The first-order chi connectivity index (χ1) is 10.1. The lowest BCUT2D eigenvalue weighted by molar-refractivity contribution is 0.290. The average molecular weight is 312 g/mol. The summed E-state index contributed by atoms with van der Waals surface area (Å²) < 4.78 is 14.3. The van der Waals surface area contributed by atoms with Gasteiger partial charge < -0.3 is 5.32 Å². The van der Waals surface area contributed by atoms with Crippen molar-refractivity contribution < 1.29 is 4.39 Å². The van der Waals surface area contributed by atoms with E-state index in [1.807, 2.05) is 6.07 Å². The maximum atomic E-state index is 14.3. The topological polar surface area (TPSA) is 12.0 Å². The Morgan fingerprint density at radius 3 is 2.52 bits per heavy atom. The summed E-state index contributed by atoms with van der Waals surface area (Å²) in [6, 6.07) is 5.05. The smallest absolute Gasteiger partial charge is 0.128 e. The highest BCUT2D eigenvalue weighted by Gasteiger charge is 2.28. The van der Waals surface area contributed by atoms with Crippen LogP contribution in [0.15, 0.2) is 18.2 Å². The average Bonchev–Trinajstić information content (AvgIpc) is 2.46. The molecule has 0 aromatic heterocycles. The molecular formula is C18H27ClFN. The van der Waals surface area contributed by atoms with Gasteiger partial charge in [-0.1, -0.05) is 50.8 Å². The summed E-state index contributed by atoms with van der Waals surface area (Å²) in [5, 5.41) is 4.09. The summed E-state index contributed by atoms with van der Waals surface area (Å²) in [6.45, 7) is 6.18. The van der Waals surface area contributed by atoms with Crippen molar-refractivity contribution in [2.24, 2.45) is 11.8 Å². The molecule has 1 nitrogen and oxygen atoms in total. The Bertz CT molecular complexity index is 421. The van der Waals surface area contributed by atoms with Crippen LogP contribution in [0.1, 0.15) is 57.4 Å². The molecule has 0 spiro atoms. The van der Waals surface area contributed by atoms with E-state index in [4.69, 9.17) is 11.6 Å². The lowest BCUT2D eigenvalue weighted by Crippen LogP contribution is -2.31. The van der Waals surface area contributed by atoms with Crippen molar-refractivity contribution in [2.75, 3.05) is 13.1 Å². The zero-order chi connectivity index (χ0) is 15.2. The molecule has 1 aromatic carbocycles. The Hall–Kier alpha value is -0.600. The third-order valence-electron chi connectivity index (χ3n) is 4.51. The molecule has 1 aromatic rings. The lowest BCUT2D eigenvalue weighted by Gasteiger charge is -2.32. The summed E-state index contributed by atoms with van der Waals surface area (Å²) in [5.74, 6) is 1.20. The largest absolute Gasteiger partial charge is 0.316 e. The standard InChI is InChI=1S/C18H27ClFN/c1-13(2)11-21-12-15(14-7-4-3-5-8-14)18-16(19)9-6-10-17(18)20/h6,9-10,13-15,21H,3-5,7-8,11-12H2,1-2H3. The van der Waals surface area contributed by atoms with Crippen molar-refractivity contribution in [2.45, 2.75) is 51.9 Å². The van der Waals surface area contributed by atoms with E-state index in [1.54, 1.807) is 12.1 Å². The van der Waals surface area contributed by atoms with Crippen LogP contribution < -0.4 is 5.32 Å². The Kier molecular flexibility index (Phi) is 6.50. The first-order valence-electron chi connectivity index (χ1n) is 8.24. The van der Waals surface area contributed by atoms with E-state index in [0.29, 0.717) is 16.9 Å². The minimum Gasteiger partial charge on any atom is -0.316 e. The van der Waals surface area contributed by atoms with Crippen LogP contribution in [0.2, 0.25) is 5.02 Å². The van der Waals surface area contributed by atoms with E-state index in [9.17, 15) is 4.39 Å². The van der Waals surface area contributed by atoms with Crippen LogP contribution in [-0.4, -0.2) is 13.1 Å². The van der Waals surface area contributed by atoms with Gasteiger partial charge in [0.1, 0.15) is 5.82 Å². The van der Waals surface area contributed by atoms with Crippen LogP contribution in [0.3, 0.4) is 0 Å². The van der Waals surface area contributed by atoms with Gasteiger partial charge in [-0.15, -0.1) is 0 Å². The second kappa shape index (κ2) is 8.14. The van der Waals surface area contributed by atoms with Crippen LogP contribution in [0.25, 0.3) is 0 Å². The van der Waals surface area contributed by atoms with Crippen molar-refractivity contribution in [3.8, 4) is 0 Å². The molecule has 118 valence electrons. The zero-order valence-electron chi connectivity index (χ0n) is 13.2. The molecule has 0 amide bonds. The molecule has 0 aliphatic heterocycles. The van der Waals surface area contributed by atoms with Crippen molar-refractivity contribution in [1.82, 2.24) is 5.32 Å². The SMILES string of the molecule is CC(C)CNCC(c1c(F)cccc1Cl)C1CCCCC1. The van der Waals surface area contributed by atoms with Gasteiger partial charge in [0.15, 0.2) is 0 Å². The number of halogens is 2. The zero-order valence-corrected chi connectivity index (χ0v) is 13.9. The Morgan fingerprint density at radius 1 is 1.19 bits per heavy atom. The lowest BCUT2D eigenvalue weighted by atomic mass is 9.76. The van der Waals surface area contributed by atoms with Gasteiger partial charge in [0, 0.05) is 23.0 Å². The molecular weight excluding hydrogens is 285 g/mol. The van der Waals surface area contributed by atoms with Crippen molar-refractivity contribution in [1.29, 1.82) is 0 Å². The highest BCUT2D eigenvalue weighted by Crippen LogP contribution is 2.39. The molecule has 1 aliphatic rings. The monoisotopic (exact) mass is 311 g/mol. The third kappa shape index (κ3) is 4.69. The van der Waals surface area contributed by atoms with E-state index in [1.165, 1.54) is 32.1 Å². The van der Waals surface area contributed by atoms with Gasteiger partial charge >= 0.3 is 0 Å². The van der Waals surface area contributed by atoms with Gasteiger partial charge in [0.05, 0.1) is 0 Å². The van der Waals surface area contributed by atoms with Gasteiger partial charge in [-0.05, 0) is 43.4 Å². The van der Waals surface area contributed by atoms with Crippen molar-refractivity contribution in [3.63, 3.8) is 0 Å². The van der Waals surface area contributed by atoms with Gasteiger partial charge in [-0.25, -0.2) is 4.39 Å². The molecule has 0 radical (unpaired) electrons. The molecule has 1 N–H and O–H groups in total. The molecule has 1 atom stereocenters. The minimum atomic E-state index is -0.149. The maximum Gasteiger partial charge on any atom is 0.128 e. The molecule has 1 fully saturated rings. The summed E-state index contributed by atoms with van der Waals surface area (Å²) in [4.78, 5) is 0. The first kappa shape index (κ1) is 16.8. The predicted octanol–water partition coefficient (Wildman–Crippen LogP) is 5.39. The van der Waals surface area contributed by atoms with Gasteiger partial charge in [0.25, 0.3) is 0 Å². The van der Waals surface area contributed by atoms with Crippen molar-refractivity contribution in [3.05, 3.63) is 34.6 Å². The molecule has 1 aliphatic carbocycles. The second-order valence-corrected chi connectivity index (χ2v) is 7.10. The fourth-order valence-corrected chi connectivity index (χ4v) is 3.74. The molecule has 0 bridgehead atoms. The molecule has 2 rings (SSSR count). The quantitative estimate of drug-likeness (QED) is 0.743. The first-order valence-corrected chi connectivity index (χ1v) is 8.62. The number of benzene rings is 1. The number of hydrogen-bond acceptors (Lipinski definition) is 1. The van der Waals surface area contributed by atoms with Crippen LogP contribution >= 0.6 is 11.6 Å². The van der Waals surface area contributed by atoms with E-state index < -0.39 is 0 Å². The van der Waals surface area contributed by atoms with E-state index >= 15 is 0 Å². The highest BCUT2D eigenvalue weighted by molar-refractivity contribution is 6.31. The van der Waals surface area contributed by atoms with Crippen LogP contribution in [-0.2, 0) is 0 Å². The fourth-order valence-electron chi connectivity index (χ4n) is 3.43. The maximum absolute atomic E-state index is 14.3. The van der Waals surface area contributed by atoms with Crippen molar-refractivity contribution >= 4 is 11.6 Å². The summed E-state index contributed by atoms with van der Waals surface area (Å²) in [6.07, 6.45) is 6.22. The Labute approximate surface area is 133 Å². The highest BCUT2D eigenvalue weighted by atomic mass is 35.5. The summed E-state index contributed by atoms with van der Waals surface area (Å²) >= 11 is 6.32. The Balaban J connectivity index is 2.17. The van der Waals surface area contributed by atoms with Gasteiger partial charge in [0.2, 0.25) is 0 Å². The molecule has 3 heteroatoms. The molecule has 1 saturated carbocycles. The molecule has 0 saturated heterocycles. The molecule has 1 unspecified atom stereocenters. The number of nitrogens with one attached hydrogen (secondary N) is 1. The minimum absolute atomic E-state index is 0.149. The molecule has 21 heavy (non-hydrogen) atoms. The second-order valence-electron chi connectivity index (χ2n) is 6.69. The molecule has 0 heterocycles. The summed E-state index contributed by atoms with van der Waals surface area (Å²) in [7, 11) is 0.